The molecule has 170 valence electrons. The van der Waals surface area contributed by atoms with Gasteiger partial charge in [0.15, 0.2) is 0 Å². The SMILES string of the molecule is CCCCOc1ccc(C(C)C)cc1S(=O)(=O)N1CCN(c2cccc(C)c2C)CC1. The van der Waals surface area contributed by atoms with Crippen molar-refractivity contribution in [1.82, 2.24) is 4.31 Å². The second-order valence-corrected chi connectivity index (χ2v) is 10.6. The Hall–Kier alpha value is -2.05. The predicted octanol–water partition coefficient (Wildman–Crippen LogP) is 5.12. The van der Waals surface area contributed by atoms with Crippen molar-refractivity contribution in [3.63, 3.8) is 0 Å². The zero-order valence-corrected chi connectivity index (χ0v) is 20.3. The summed E-state index contributed by atoms with van der Waals surface area (Å²) in [6.45, 7) is 13.3. The van der Waals surface area contributed by atoms with Crippen LogP contribution in [0.4, 0.5) is 5.69 Å². The van der Waals surface area contributed by atoms with Crippen molar-refractivity contribution < 1.29 is 13.2 Å². The average Bonchev–Trinajstić information content (AvgIpc) is 2.76. The van der Waals surface area contributed by atoms with Gasteiger partial charge in [0.2, 0.25) is 10.0 Å². The summed E-state index contributed by atoms with van der Waals surface area (Å²) in [5.74, 6) is 0.717. The number of nitrogens with zero attached hydrogens (tertiary/aromatic N) is 2. The van der Waals surface area contributed by atoms with Gasteiger partial charge in [0, 0.05) is 31.9 Å². The first-order valence-corrected chi connectivity index (χ1v) is 12.8. The van der Waals surface area contributed by atoms with Crippen LogP contribution in [-0.2, 0) is 10.0 Å². The lowest BCUT2D eigenvalue weighted by molar-refractivity contribution is 0.299. The minimum Gasteiger partial charge on any atom is -0.492 e. The summed E-state index contributed by atoms with van der Waals surface area (Å²) in [5, 5.41) is 0. The normalized spacial score (nSPS) is 15.5. The lowest BCUT2D eigenvalue weighted by atomic mass is 10.0. The van der Waals surface area contributed by atoms with Crippen LogP contribution < -0.4 is 9.64 Å². The van der Waals surface area contributed by atoms with Crippen LogP contribution in [0.1, 0.15) is 56.2 Å². The molecule has 1 saturated heterocycles. The molecule has 0 atom stereocenters. The molecule has 0 N–H and O–H groups in total. The van der Waals surface area contributed by atoms with Gasteiger partial charge >= 0.3 is 0 Å². The average molecular weight is 445 g/mol. The van der Waals surface area contributed by atoms with Crippen LogP contribution in [0.2, 0.25) is 0 Å². The van der Waals surface area contributed by atoms with Gasteiger partial charge in [0.1, 0.15) is 10.6 Å². The molecule has 0 unspecified atom stereocenters. The predicted molar refractivity (Wildman–Crippen MR) is 128 cm³/mol. The number of piperazine rings is 1. The summed E-state index contributed by atoms with van der Waals surface area (Å²) in [4.78, 5) is 2.59. The van der Waals surface area contributed by atoms with Gasteiger partial charge in [-0.15, -0.1) is 0 Å². The minimum absolute atomic E-state index is 0.250. The van der Waals surface area contributed by atoms with Gasteiger partial charge in [-0.2, -0.15) is 4.31 Å². The number of benzene rings is 2. The van der Waals surface area contributed by atoms with Crippen molar-refractivity contribution in [3.05, 3.63) is 53.1 Å². The van der Waals surface area contributed by atoms with E-state index in [2.05, 4.69) is 57.7 Å². The van der Waals surface area contributed by atoms with Crippen molar-refractivity contribution in [1.29, 1.82) is 0 Å². The van der Waals surface area contributed by atoms with Crippen LogP contribution in [0.15, 0.2) is 41.3 Å². The number of aryl methyl sites for hydroxylation is 1. The van der Waals surface area contributed by atoms with Crippen LogP contribution >= 0.6 is 0 Å². The number of hydrogen-bond donors (Lipinski definition) is 0. The number of sulfonamides is 1. The summed E-state index contributed by atoms with van der Waals surface area (Å²) in [5.41, 5.74) is 4.72. The molecule has 0 bridgehead atoms. The van der Waals surface area contributed by atoms with E-state index in [0.717, 1.165) is 18.4 Å². The van der Waals surface area contributed by atoms with Crippen LogP contribution in [-0.4, -0.2) is 45.5 Å². The molecule has 0 saturated carbocycles. The van der Waals surface area contributed by atoms with E-state index in [1.54, 1.807) is 10.4 Å². The van der Waals surface area contributed by atoms with Gasteiger partial charge in [-0.1, -0.05) is 45.4 Å². The van der Waals surface area contributed by atoms with Gasteiger partial charge in [-0.05, 0) is 61.1 Å². The Balaban J connectivity index is 1.83. The van der Waals surface area contributed by atoms with Crippen LogP contribution in [0.25, 0.3) is 0 Å². The third kappa shape index (κ3) is 5.24. The van der Waals surface area contributed by atoms with Crippen LogP contribution in [0, 0.1) is 13.8 Å². The maximum Gasteiger partial charge on any atom is 0.246 e. The fourth-order valence-corrected chi connectivity index (χ4v) is 5.51. The summed E-state index contributed by atoms with van der Waals surface area (Å²) in [6, 6.07) is 11.9. The topological polar surface area (TPSA) is 49.9 Å². The molecule has 0 spiro atoms. The Kier molecular flexibility index (Phi) is 7.65. The maximum absolute atomic E-state index is 13.6. The molecular weight excluding hydrogens is 408 g/mol. The third-order valence-electron chi connectivity index (χ3n) is 6.16. The Labute approximate surface area is 188 Å². The van der Waals surface area contributed by atoms with E-state index in [0.29, 0.717) is 43.4 Å². The smallest absolute Gasteiger partial charge is 0.246 e. The van der Waals surface area contributed by atoms with E-state index < -0.39 is 10.0 Å². The molecule has 2 aromatic rings. The monoisotopic (exact) mass is 444 g/mol. The van der Waals surface area contributed by atoms with Crippen molar-refractivity contribution >= 4 is 15.7 Å². The molecule has 1 aliphatic heterocycles. The van der Waals surface area contributed by atoms with E-state index in [1.165, 1.54) is 16.8 Å². The molecule has 0 aliphatic carbocycles. The Morgan fingerprint density at radius 1 is 1.03 bits per heavy atom. The van der Waals surface area contributed by atoms with Crippen molar-refractivity contribution in [3.8, 4) is 5.75 Å². The second kappa shape index (κ2) is 10.0. The standard InChI is InChI=1S/C25H36N2O3S/c1-6-7-17-30-24-12-11-22(19(2)3)18-25(24)31(28,29)27-15-13-26(14-16-27)23-10-8-9-20(4)21(23)5/h8-12,18-19H,6-7,13-17H2,1-5H3. The van der Waals surface area contributed by atoms with E-state index in [9.17, 15) is 8.42 Å². The first kappa shape index (κ1) is 23.6. The molecule has 1 heterocycles. The molecule has 3 rings (SSSR count). The highest BCUT2D eigenvalue weighted by Gasteiger charge is 2.32. The number of rotatable bonds is 8. The molecule has 31 heavy (non-hydrogen) atoms. The molecule has 0 radical (unpaired) electrons. The van der Waals surface area contributed by atoms with E-state index >= 15 is 0 Å². The van der Waals surface area contributed by atoms with Crippen LogP contribution in [0.3, 0.4) is 0 Å². The molecule has 0 aromatic heterocycles. The van der Waals surface area contributed by atoms with Crippen molar-refractivity contribution in [2.75, 3.05) is 37.7 Å². The van der Waals surface area contributed by atoms with Gasteiger partial charge in [-0.3, -0.25) is 0 Å². The molecule has 6 heteroatoms. The highest BCUT2D eigenvalue weighted by atomic mass is 32.2. The quantitative estimate of drug-likeness (QED) is 0.531. The van der Waals surface area contributed by atoms with Crippen molar-refractivity contribution in [2.24, 2.45) is 0 Å². The first-order valence-electron chi connectivity index (χ1n) is 11.3. The Morgan fingerprint density at radius 2 is 1.74 bits per heavy atom. The van der Waals surface area contributed by atoms with Crippen LogP contribution in [0.5, 0.6) is 5.75 Å². The molecular formula is C25H36N2O3S. The minimum atomic E-state index is -3.63. The first-order chi connectivity index (χ1) is 14.8. The number of ether oxygens (including phenoxy) is 1. The van der Waals surface area contributed by atoms with Gasteiger partial charge < -0.3 is 9.64 Å². The number of anilines is 1. The molecule has 5 nitrogen and oxygen atoms in total. The van der Waals surface area contributed by atoms with E-state index in [-0.39, 0.29) is 5.92 Å². The molecule has 0 amide bonds. The number of hydrogen-bond acceptors (Lipinski definition) is 4. The Morgan fingerprint density at radius 3 is 2.39 bits per heavy atom. The lowest BCUT2D eigenvalue weighted by Crippen LogP contribution is -2.49. The van der Waals surface area contributed by atoms with Gasteiger partial charge in [-0.25, -0.2) is 8.42 Å². The zero-order valence-electron chi connectivity index (χ0n) is 19.5. The molecule has 1 aliphatic rings. The summed E-state index contributed by atoms with van der Waals surface area (Å²) < 4.78 is 34.7. The fraction of sp³-hybridized carbons (Fsp3) is 0.520. The third-order valence-corrected chi connectivity index (χ3v) is 8.08. The summed E-state index contributed by atoms with van der Waals surface area (Å²) in [7, 11) is -3.63. The molecule has 2 aromatic carbocycles. The van der Waals surface area contributed by atoms with Crippen molar-refractivity contribution in [2.45, 2.75) is 58.3 Å². The van der Waals surface area contributed by atoms with E-state index in [1.807, 2.05) is 12.1 Å². The highest BCUT2D eigenvalue weighted by Crippen LogP contribution is 2.32. The zero-order chi connectivity index (χ0) is 22.6. The molecule has 1 fully saturated rings. The second-order valence-electron chi connectivity index (χ2n) is 8.67. The van der Waals surface area contributed by atoms with Gasteiger partial charge in [0.25, 0.3) is 0 Å². The highest BCUT2D eigenvalue weighted by molar-refractivity contribution is 7.89. The summed E-state index contributed by atoms with van der Waals surface area (Å²) >= 11 is 0. The lowest BCUT2D eigenvalue weighted by Gasteiger charge is -2.36. The summed E-state index contributed by atoms with van der Waals surface area (Å²) in [6.07, 6.45) is 1.91. The Bertz CT molecular complexity index is 994. The fourth-order valence-electron chi connectivity index (χ4n) is 3.92. The van der Waals surface area contributed by atoms with Gasteiger partial charge in [0.05, 0.1) is 6.61 Å². The van der Waals surface area contributed by atoms with E-state index in [4.69, 9.17) is 4.74 Å². The maximum atomic E-state index is 13.6. The largest absolute Gasteiger partial charge is 0.492 e. The number of unbranched alkanes of at least 4 members (excludes halogenated alkanes) is 1.